The third-order valence-electron chi connectivity index (χ3n) is 4.15. The van der Waals surface area contributed by atoms with Crippen molar-refractivity contribution in [2.24, 2.45) is 0 Å². The lowest BCUT2D eigenvalue weighted by Gasteiger charge is -2.20. The second kappa shape index (κ2) is 9.57. The quantitative estimate of drug-likeness (QED) is 0.501. The van der Waals surface area contributed by atoms with Crippen LogP contribution in [0.4, 0.5) is 9.52 Å². The Hall–Kier alpha value is -3.14. The zero-order valence-corrected chi connectivity index (χ0v) is 17.7. The number of aromatic nitrogens is 3. The molecule has 3 aromatic rings. The van der Waals surface area contributed by atoms with E-state index in [1.807, 2.05) is 0 Å². The Morgan fingerprint density at radius 3 is 2.57 bits per heavy atom. The topological polar surface area (TPSA) is 98.4 Å². The number of esters is 1. The van der Waals surface area contributed by atoms with E-state index in [1.165, 1.54) is 17.0 Å². The Kier molecular flexibility index (Phi) is 6.88. The molecule has 10 heteroatoms. The molecule has 0 bridgehead atoms. The summed E-state index contributed by atoms with van der Waals surface area (Å²) < 4.78 is 23.4. The van der Waals surface area contributed by atoms with Crippen molar-refractivity contribution in [2.75, 3.05) is 11.5 Å². The second-order valence-corrected chi connectivity index (χ2v) is 7.45. The van der Waals surface area contributed by atoms with Gasteiger partial charge in [0.1, 0.15) is 10.7 Å². The van der Waals surface area contributed by atoms with Crippen LogP contribution in [-0.2, 0) is 22.5 Å². The van der Waals surface area contributed by atoms with Gasteiger partial charge in [-0.1, -0.05) is 28.6 Å². The zero-order valence-electron chi connectivity index (χ0n) is 16.8. The molecule has 3 rings (SSSR count). The van der Waals surface area contributed by atoms with Crippen molar-refractivity contribution in [2.45, 2.75) is 40.2 Å². The van der Waals surface area contributed by atoms with Crippen molar-refractivity contribution < 1.29 is 23.2 Å². The third kappa shape index (κ3) is 5.26. The van der Waals surface area contributed by atoms with E-state index in [0.717, 1.165) is 16.9 Å². The van der Waals surface area contributed by atoms with Gasteiger partial charge in [-0.15, -0.1) is 0 Å². The van der Waals surface area contributed by atoms with Crippen LogP contribution in [0.1, 0.15) is 46.0 Å². The van der Waals surface area contributed by atoms with Gasteiger partial charge in [-0.2, -0.15) is 4.98 Å². The number of carbonyl (C=O) groups excluding carboxylic acids is 2. The lowest BCUT2D eigenvalue weighted by Crippen LogP contribution is -2.30. The van der Waals surface area contributed by atoms with Gasteiger partial charge in [0.05, 0.1) is 18.8 Å². The molecule has 0 saturated heterocycles. The molecule has 0 radical (unpaired) electrons. The standard InChI is InChI=1S/C20H21FN4O4S/c1-4-28-19(27)18-12(2)22-20(30-18)25(11-14-5-7-15(21)8-6-14)17(26)10-9-16-23-13(3)24-29-16/h5-8H,4,9-11H2,1-3H3. The molecule has 0 aliphatic rings. The summed E-state index contributed by atoms with van der Waals surface area (Å²) in [5.41, 5.74) is 1.21. The van der Waals surface area contributed by atoms with E-state index in [9.17, 15) is 14.0 Å². The number of benzene rings is 1. The van der Waals surface area contributed by atoms with Gasteiger partial charge in [0, 0.05) is 12.8 Å². The monoisotopic (exact) mass is 432 g/mol. The van der Waals surface area contributed by atoms with E-state index in [1.54, 1.807) is 32.9 Å². The maximum Gasteiger partial charge on any atom is 0.350 e. The number of hydrogen-bond acceptors (Lipinski definition) is 8. The number of amides is 1. The minimum atomic E-state index is -0.478. The summed E-state index contributed by atoms with van der Waals surface area (Å²) in [5.74, 6) is -0.216. The van der Waals surface area contributed by atoms with Gasteiger partial charge in [-0.25, -0.2) is 14.2 Å². The van der Waals surface area contributed by atoms with E-state index in [0.29, 0.717) is 27.4 Å². The van der Waals surface area contributed by atoms with Crippen LogP contribution in [0.5, 0.6) is 0 Å². The minimum Gasteiger partial charge on any atom is -0.462 e. The first-order valence-corrected chi connectivity index (χ1v) is 10.2. The highest BCUT2D eigenvalue weighted by molar-refractivity contribution is 7.17. The number of rotatable bonds is 8. The summed E-state index contributed by atoms with van der Waals surface area (Å²) in [6, 6.07) is 5.86. The van der Waals surface area contributed by atoms with Crippen LogP contribution in [0.3, 0.4) is 0 Å². The lowest BCUT2D eigenvalue weighted by molar-refractivity contribution is -0.118. The van der Waals surface area contributed by atoms with Crippen LogP contribution < -0.4 is 4.90 Å². The molecule has 8 nitrogen and oxygen atoms in total. The first kappa shape index (κ1) is 21.6. The summed E-state index contributed by atoms with van der Waals surface area (Å²) in [5, 5.41) is 4.08. The number of anilines is 1. The van der Waals surface area contributed by atoms with Crippen LogP contribution in [0.2, 0.25) is 0 Å². The largest absolute Gasteiger partial charge is 0.462 e. The van der Waals surface area contributed by atoms with Gasteiger partial charge in [-0.05, 0) is 38.5 Å². The summed E-state index contributed by atoms with van der Waals surface area (Å²) in [6.07, 6.45) is 0.380. The smallest absolute Gasteiger partial charge is 0.350 e. The number of ether oxygens (including phenoxy) is 1. The molecular weight excluding hydrogens is 411 g/mol. The molecule has 1 amide bonds. The van der Waals surface area contributed by atoms with Gasteiger partial charge in [-0.3, -0.25) is 9.69 Å². The van der Waals surface area contributed by atoms with E-state index >= 15 is 0 Å². The molecule has 0 aliphatic carbocycles. The Labute approximate surface area is 176 Å². The van der Waals surface area contributed by atoms with Crippen molar-refractivity contribution in [1.82, 2.24) is 15.1 Å². The molecule has 158 valence electrons. The molecule has 1 aromatic carbocycles. The summed E-state index contributed by atoms with van der Waals surface area (Å²) in [4.78, 5) is 35.5. The fourth-order valence-electron chi connectivity index (χ4n) is 2.71. The number of carbonyl (C=O) groups is 2. The van der Waals surface area contributed by atoms with Gasteiger partial charge < -0.3 is 9.26 Å². The molecule has 0 spiro atoms. The van der Waals surface area contributed by atoms with Crippen molar-refractivity contribution in [3.8, 4) is 0 Å². The van der Waals surface area contributed by atoms with Crippen LogP contribution in [0, 0.1) is 19.7 Å². The number of nitrogens with zero attached hydrogens (tertiary/aromatic N) is 4. The molecular formula is C20H21FN4O4S. The summed E-state index contributed by atoms with van der Waals surface area (Å²) >= 11 is 1.09. The van der Waals surface area contributed by atoms with E-state index in [4.69, 9.17) is 9.26 Å². The molecule has 2 aromatic heterocycles. The van der Waals surface area contributed by atoms with Crippen LogP contribution >= 0.6 is 11.3 Å². The van der Waals surface area contributed by atoms with E-state index in [-0.39, 0.29) is 37.7 Å². The highest BCUT2D eigenvalue weighted by Gasteiger charge is 2.24. The minimum absolute atomic E-state index is 0.107. The molecule has 0 saturated carbocycles. The molecule has 0 atom stereocenters. The van der Waals surface area contributed by atoms with E-state index in [2.05, 4.69) is 15.1 Å². The first-order chi connectivity index (χ1) is 14.4. The predicted molar refractivity (Wildman–Crippen MR) is 108 cm³/mol. The molecule has 0 unspecified atom stereocenters. The van der Waals surface area contributed by atoms with Crippen molar-refractivity contribution in [1.29, 1.82) is 0 Å². The molecule has 30 heavy (non-hydrogen) atoms. The number of hydrogen-bond donors (Lipinski definition) is 0. The summed E-state index contributed by atoms with van der Waals surface area (Å²) in [6.45, 7) is 5.53. The Balaban J connectivity index is 1.84. The molecule has 0 aliphatic heterocycles. The SMILES string of the molecule is CCOC(=O)c1sc(N(Cc2ccc(F)cc2)C(=O)CCc2nc(C)no2)nc1C. The number of halogens is 1. The Morgan fingerprint density at radius 2 is 1.93 bits per heavy atom. The second-order valence-electron chi connectivity index (χ2n) is 6.47. The molecule has 0 N–H and O–H groups in total. The fraction of sp³-hybridized carbons (Fsp3) is 0.350. The van der Waals surface area contributed by atoms with Crippen LogP contribution in [0.25, 0.3) is 0 Å². The molecule has 2 heterocycles. The van der Waals surface area contributed by atoms with Crippen molar-refractivity contribution in [3.05, 3.63) is 57.9 Å². The summed E-state index contributed by atoms with van der Waals surface area (Å²) in [7, 11) is 0. The third-order valence-corrected chi connectivity index (χ3v) is 5.31. The first-order valence-electron chi connectivity index (χ1n) is 9.36. The highest BCUT2D eigenvalue weighted by atomic mass is 32.1. The van der Waals surface area contributed by atoms with Crippen LogP contribution in [-0.4, -0.2) is 33.6 Å². The van der Waals surface area contributed by atoms with Crippen molar-refractivity contribution >= 4 is 28.3 Å². The van der Waals surface area contributed by atoms with Gasteiger partial charge in [0.2, 0.25) is 11.8 Å². The van der Waals surface area contributed by atoms with Gasteiger partial charge >= 0.3 is 5.97 Å². The van der Waals surface area contributed by atoms with Gasteiger partial charge in [0.15, 0.2) is 11.0 Å². The average Bonchev–Trinajstić information content (AvgIpc) is 3.31. The number of thiazole rings is 1. The van der Waals surface area contributed by atoms with Crippen molar-refractivity contribution in [3.63, 3.8) is 0 Å². The normalized spacial score (nSPS) is 10.8. The maximum atomic E-state index is 13.3. The fourth-order valence-corrected chi connectivity index (χ4v) is 3.69. The average molecular weight is 432 g/mol. The predicted octanol–water partition coefficient (Wildman–Crippen LogP) is 3.62. The highest BCUT2D eigenvalue weighted by Crippen LogP contribution is 2.29. The van der Waals surface area contributed by atoms with E-state index < -0.39 is 5.97 Å². The Morgan fingerprint density at radius 1 is 1.20 bits per heavy atom. The lowest BCUT2D eigenvalue weighted by atomic mass is 10.2. The Bertz CT molecular complexity index is 1030. The van der Waals surface area contributed by atoms with Gasteiger partial charge in [0.25, 0.3) is 0 Å². The van der Waals surface area contributed by atoms with Crippen LogP contribution in [0.15, 0.2) is 28.8 Å². The molecule has 0 fully saturated rings. The zero-order chi connectivity index (χ0) is 21.7. The maximum absolute atomic E-state index is 13.3. The number of aryl methyl sites for hydroxylation is 3.